The molecule has 0 aliphatic heterocycles. The van der Waals surface area contributed by atoms with Gasteiger partial charge in [-0.15, -0.1) is 0 Å². The Bertz CT molecular complexity index is 382. The molecule has 6 nitrogen and oxygen atoms in total. The van der Waals surface area contributed by atoms with E-state index in [0.717, 1.165) is 30.3 Å². The van der Waals surface area contributed by atoms with E-state index in [9.17, 15) is 0 Å². The Labute approximate surface area is 115 Å². The van der Waals surface area contributed by atoms with E-state index >= 15 is 0 Å². The molecule has 0 aromatic carbocycles. The van der Waals surface area contributed by atoms with Crippen LogP contribution in [0.1, 0.15) is 25.6 Å². The van der Waals surface area contributed by atoms with Crippen LogP contribution in [0.25, 0.3) is 0 Å². The van der Waals surface area contributed by atoms with E-state index in [4.69, 9.17) is 15.2 Å². The molecular weight excluding hydrogens is 244 g/mol. The normalized spacial score (nSPS) is 11.3. The van der Waals surface area contributed by atoms with Gasteiger partial charge in [0.2, 0.25) is 0 Å². The van der Waals surface area contributed by atoms with E-state index in [2.05, 4.69) is 23.8 Å². The summed E-state index contributed by atoms with van der Waals surface area (Å²) in [4.78, 5) is 2.17. The lowest BCUT2D eigenvalue weighted by atomic mass is 10.3. The molecule has 1 aromatic heterocycles. The van der Waals surface area contributed by atoms with Crippen molar-refractivity contribution in [3.05, 3.63) is 5.69 Å². The highest BCUT2D eigenvalue weighted by Gasteiger charge is 2.20. The van der Waals surface area contributed by atoms with Crippen LogP contribution < -0.4 is 10.6 Å². The fraction of sp³-hybridized carbons (Fsp3) is 0.769. The Morgan fingerprint density at radius 1 is 1.21 bits per heavy atom. The second-order valence-electron chi connectivity index (χ2n) is 4.83. The molecule has 0 bridgehead atoms. The van der Waals surface area contributed by atoms with Crippen LogP contribution in [0.5, 0.6) is 0 Å². The number of nitrogens with two attached hydrogens (primary N) is 1. The minimum atomic E-state index is 0.263. The van der Waals surface area contributed by atoms with Crippen molar-refractivity contribution in [3.8, 4) is 0 Å². The maximum atomic E-state index is 6.18. The third kappa shape index (κ3) is 3.84. The SMILES string of the molecule is COCCN(CCOC)c1c(N)c(C)nn1C(C)C. The summed E-state index contributed by atoms with van der Waals surface area (Å²) in [6.45, 7) is 8.95. The van der Waals surface area contributed by atoms with Gasteiger partial charge in [-0.05, 0) is 20.8 Å². The van der Waals surface area contributed by atoms with Gasteiger partial charge in [0.25, 0.3) is 0 Å². The molecule has 2 N–H and O–H groups in total. The van der Waals surface area contributed by atoms with Crippen LogP contribution in [0.3, 0.4) is 0 Å². The van der Waals surface area contributed by atoms with Gasteiger partial charge in [0.1, 0.15) is 0 Å². The minimum Gasteiger partial charge on any atom is -0.394 e. The molecule has 0 spiro atoms. The highest BCUT2D eigenvalue weighted by atomic mass is 16.5. The van der Waals surface area contributed by atoms with Gasteiger partial charge in [-0.1, -0.05) is 0 Å². The summed E-state index contributed by atoms with van der Waals surface area (Å²) in [6, 6.07) is 0.263. The number of hydrogen-bond donors (Lipinski definition) is 1. The lowest BCUT2D eigenvalue weighted by Crippen LogP contribution is -2.33. The predicted molar refractivity (Wildman–Crippen MR) is 77.7 cm³/mol. The molecule has 0 radical (unpaired) electrons. The van der Waals surface area contributed by atoms with E-state index in [1.807, 2.05) is 11.6 Å². The summed E-state index contributed by atoms with van der Waals surface area (Å²) >= 11 is 0. The van der Waals surface area contributed by atoms with Crippen molar-refractivity contribution < 1.29 is 9.47 Å². The van der Waals surface area contributed by atoms with Gasteiger partial charge in [0.05, 0.1) is 24.6 Å². The number of nitrogens with zero attached hydrogens (tertiary/aromatic N) is 3. The molecule has 1 rings (SSSR count). The zero-order chi connectivity index (χ0) is 14.4. The maximum Gasteiger partial charge on any atom is 0.151 e. The quantitative estimate of drug-likeness (QED) is 0.774. The van der Waals surface area contributed by atoms with Gasteiger partial charge in [-0.3, -0.25) is 0 Å². The van der Waals surface area contributed by atoms with E-state index < -0.39 is 0 Å². The number of anilines is 2. The predicted octanol–water partition coefficient (Wildman–Crippen LogP) is 1.45. The van der Waals surface area contributed by atoms with Gasteiger partial charge in [0.15, 0.2) is 5.82 Å². The van der Waals surface area contributed by atoms with E-state index in [-0.39, 0.29) is 6.04 Å². The highest BCUT2D eigenvalue weighted by Crippen LogP contribution is 2.29. The van der Waals surface area contributed by atoms with Gasteiger partial charge in [0, 0.05) is 33.4 Å². The van der Waals surface area contributed by atoms with Crippen LogP contribution in [-0.4, -0.2) is 50.3 Å². The van der Waals surface area contributed by atoms with Gasteiger partial charge in [-0.25, -0.2) is 4.68 Å². The lowest BCUT2D eigenvalue weighted by molar-refractivity contribution is 0.189. The molecule has 0 amide bonds. The molecule has 0 aliphatic carbocycles. The van der Waals surface area contributed by atoms with Gasteiger partial charge in [-0.2, -0.15) is 5.10 Å². The molecular formula is C13H26N4O2. The zero-order valence-corrected chi connectivity index (χ0v) is 12.6. The fourth-order valence-corrected chi connectivity index (χ4v) is 1.95. The zero-order valence-electron chi connectivity index (χ0n) is 12.6. The summed E-state index contributed by atoms with van der Waals surface area (Å²) in [6.07, 6.45) is 0. The van der Waals surface area contributed by atoms with E-state index in [0.29, 0.717) is 13.2 Å². The molecule has 0 aliphatic rings. The monoisotopic (exact) mass is 270 g/mol. The molecule has 0 fully saturated rings. The average Bonchev–Trinajstić information content (AvgIpc) is 2.67. The lowest BCUT2D eigenvalue weighted by Gasteiger charge is -2.26. The van der Waals surface area contributed by atoms with Crippen LogP contribution in [0, 0.1) is 6.92 Å². The Morgan fingerprint density at radius 2 is 1.74 bits per heavy atom. The maximum absolute atomic E-state index is 6.18. The first-order valence-electron chi connectivity index (χ1n) is 6.60. The third-order valence-corrected chi connectivity index (χ3v) is 3.02. The largest absolute Gasteiger partial charge is 0.394 e. The second kappa shape index (κ2) is 7.35. The van der Waals surface area contributed by atoms with Crippen molar-refractivity contribution in [2.45, 2.75) is 26.8 Å². The molecule has 0 atom stereocenters. The highest BCUT2D eigenvalue weighted by molar-refractivity contribution is 5.66. The number of rotatable bonds is 8. The van der Waals surface area contributed by atoms with Gasteiger partial charge >= 0.3 is 0 Å². The van der Waals surface area contributed by atoms with Crippen molar-refractivity contribution in [2.75, 3.05) is 51.2 Å². The fourth-order valence-electron chi connectivity index (χ4n) is 1.95. The van der Waals surface area contributed by atoms with Crippen molar-refractivity contribution in [2.24, 2.45) is 0 Å². The Balaban J connectivity index is 3.04. The first-order chi connectivity index (χ1) is 9.02. The molecule has 110 valence electrons. The van der Waals surface area contributed by atoms with Crippen LogP contribution >= 0.6 is 0 Å². The second-order valence-corrected chi connectivity index (χ2v) is 4.83. The summed E-state index contributed by atoms with van der Waals surface area (Å²) in [7, 11) is 3.39. The summed E-state index contributed by atoms with van der Waals surface area (Å²) in [5.74, 6) is 0.960. The van der Waals surface area contributed by atoms with Crippen molar-refractivity contribution in [1.82, 2.24) is 9.78 Å². The number of hydrogen-bond acceptors (Lipinski definition) is 5. The molecule has 0 saturated carbocycles. The third-order valence-electron chi connectivity index (χ3n) is 3.02. The Morgan fingerprint density at radius 3 is 2.16 bits per heavy atom. The molecule has 0 saturated heterocycles. The summed E-state index contributed by atoms with van der Waals surface area (Å²) in [5, 5.41) is 4.52. The first kappa shape index (κ1) is 15.8. The molecule has 0 unspecified atom stereocenters. The van der Waals surface area contributed by atoms with Gasteiger partial charge < -0.3 is 20.1 Å². The van der Waals surface area contributed by atoms with Crippen LogP contribution in [-0.2, 0) is 9.47 Å². The first-order valence-corrected chi connectivity index (χ1v) is 6.60. The molecule has 19 heavy (non-hydrogen) atoms. The van der Waals surface area contributed by atoms with Crippen LogP contribution in [0.15, 0.2) is 0 Å². The van der Waals surface area contributed by atoms with E-state index in [1.165, 1.54) is 0 Å². The number of aromatic nitrogens is 2. The standard InChI is InChI=1S/C13H26N4O2/c1-10(2)17-13(12(14)11(3)15-17)16(6-8-18-4)7-9-19-5/h10H,6-9,14H2,1-5H3. The smallest absolute Gasteiger partial charge is 0.151 e. The molecule has 1 heterocycles. The summed E-state index contributed by atoms with van der Waals surface area (Å²) < 4.78 is 12.3. The Kier molecular flexibility index (Phi) is 6.11. The number of aryl methyl sites for hydroxylation is 1. The molecule has 6 heteroatoms. The van der Waals surface area contributed by atoms with Crippen LogP contribution in [0.2, 0.25) is 0 Å². The van der Waals surface area contributed by atoms with Crippen LogP contribution in [0.4, 0.5) is 11.5 Å². The number of ether oxygens (including phenoxy) is 2. The minimum absolute atomic E-state index is 0.263. The van der Waals surface area contributed by atoms with Crippen molar-refractivity contribution >= 4 is 11.5 Å². The van der Waals surface area contributed by atoms with E-state index in [1.54, 1.807) is 14.2 Å². The number of nitrogen functional groups attached to an aromatic ring is 1. The molecule has 1 aromatic rings. The Hall–Kier alpha value is -1.27. The average molecular weight is 270 g/mol. The van der Waals surface area contributed by atoms with Crippen molar-refractivity contribution in [3.63, 3.8) is 0 Å². The summed E-state index contributed by atoms with van der Waals surface area (Å²) in [5.41, 5.74) is 7.78. The van der Waals surface area contributed by atoms with Crippen molar-refractivity contribution in [1.29, 1.82) is 0 Å². The topological polar surface area (TPSA) is 65.5 Å². The number of methoxy groups -OCH3 is 2.